The largest absolute Gasteiger partial charge is 0.393 e. The molecule has 1 N–H and O–H groups in total. The van der Waals surface area contributed by atoms with Gasteiger partial charge in [0.25, 0.3) is 0 Å². The Hall–Kier alpha value is -0.0400. The van der Waals surface area contributed by atoms with Crippen LogP contribution in [0.2, 0.25) is 0 Å². The molecule has 12 heavy (non-hydrogen) atoms. The topological polar surface area (TPSA) is 20.2 Å². The van der Waals surface area contributed by atoms with Crippen LogP contribution in [-0.2, 0) is 0 Å². The highest BCUT2D eigenvalue weighted by atomic mass is 16.3. The van der Waals surface area contributed by atoms with Crippen molar-refractivity contribution in [1.29, 1.82) is 0 Å². The molecular formula is C11H21O. The molecule has 0 spiro atoms. The molecule has 0 amide bonds. The first kappa shape index (κ1) is 10.0. The average Bonchev–Trinajstić information content (AvgIpc) is 2.06. The molecule has 1 rings (SSSR count). The molecular weight excluding hydrogens is 148 g/mol. The highest BCUT2D eigenvalue weighted by Gasteiger charge is 2.16. The third-order valence-corrected chi connectivity index (χ3v) is 2.79. The number of hydrogen-bond acceptors (Lipinski definition) is 1. The lowest BCUT2D eigenvalue weighted by Gasteiger charge is -2.23. The van der Waals surface area contributed by atoms with Crippen molar-refractivity contribution in [1.82, 2.24) is 0 Å². The van der Waals surface area contributed by atoms with Crippen LogP contribution in [0.4, 0.5) is 0 Å². The van der Waals surface area contributed by atoms with Gasteiger partial charge in [0, 0.05) is 0 Å². The van der Waals surface area contributed by atoms with Crippen molar-refractivity contribution in [3.63, 3.8) is 0 Å². The van der Waals surface area contributed by atoms with Crippen LogP contribution >= 0.6 is 0 Å². The van der Waals surface area contributed by atoms with Crippen molar-refractivity contribution in [2.24, 2.45) is 5.92 Å². The predicted molar refractivity (Wildman–Crippen MR) is 51.8 cm³/mol. The molecule has 0 aliphatic heterocycles. The van der Waals surface area contributed by atoms with Gasteiger partial charge in [-0.15, -0.1) is 0 Å². The minimum Gasteiger partial charge on any atom is -0.393 e. The van der Waals surface area contributed by atoms with Gasteiger partial charge in [-0.05, 0) is 38.0 Å². The molecule has 1 nitrogen and oxygen atoms in total. The average molecular weight is 169 g/mol. The quantitative estimate of drug-likeness (QED) is 0.686. The molecule has 71 valence electrons. The minimum absolute atomic E-state index is 0.0295. The third kappa shape index (κ3) is 3.57. The zero-order valence-electron chi connectivity index (χ0n) is 8.13. The van der Waals surface area contributed by atoms with Gasteiger partial charge in [-0.25, -0.2) is 0 Å². The van der Waals surface area contributed by atoms with Crippen molar-refractivity contribution < 1.29 is 5.11 Å². The third-order valence-electron chi connectivity index (χ3n) is 2.79. The Bertz CT molecular complexity index is 106. The molecule has 1 aliphatic rings. The van der Waals surface area contributed by atoms with E-state index in [9.17, 15) is 5.11 Å². The standard InChI is InChI=1S/C11H21O/c1-2-6-11(12)9-10-7-4-3-5-8-10/h3,10-12H,2,4-9H2,1H3. The molecule has 1 saturated carbocycles. The maximum atomic E-state index is 9.59. The first-order chi connectivity index (χ1) is 5.83. The van der Waals surface area contributed by atoms with Crippen molar-refractivity contribution in [3.8, 4) is 0 Å². The Kier molecular flexibility index (Phi) is 4.67. The van der Waals surface area contributed by atoms with Crippen LogP contribution in [0.25, 0.3) is 0 Å². The SMILES string of the molecule is CCCC(O)CC1CC[CH]CC1. The number of rotatable bonds is 4. The number of hydrogen-bond donors (Lipinski definition) is 1. The van der Waals surface area contributed by atoms with Crippen LogP contribution in [0.1, 0.15) is 51.9 Å². The highest BCUT2D eigenvalue weighted by Crippen LogP contribution is 2.27. The fourth-order valence-corrected chi connectivity index (χ4v) is 2.07. The summed E-state index contributed by atoms with van der Waals surface area (Å²) in [6.07, 6.45) is 10.6. The van der Waals surface area contributed by atoms with E-state index in [-0.39, 0.29) is 6.10 Å². The normalized spacial score (nSPS) is 22.5. The van der Waals surface area contributed by atoms with Gasteiger partial charge < -0.3 is 5.11 Å². The molecule has 0 aromatic carbocycles. The van der Waals surface area contributed by atoms with Crippen molar-refractivity contribution >= 4 is 0 Å². The van der Waals surface area contributed by atoms with Crippen molar-refractivity contribution in [2.75, 3.05) is 0 Å². The molecule has 0 saturated heterocycles. The summed E-state index contributed by atoms with van der Waals surface area (Å²) in [5.41, 5.74) is 0. The molecule has 0 aromatic heterocycles. The fourth-order valence-electron chi connectivity index (χ4n) is 2.07. The smallest absolute Gasteiger partial charge is 0.0542 e. The van der Waals surface area contributed by atoms with E-state index >= 15 is 0 Å². The second-order valence-electron chi connectivity index (χ2n) is 3.99. The summed E-state index contributed by atoms with van der Waals surface area (Å²) in [4.78, 5) is 0. The molecule has 1 fully saturated rings. The van der Waals surface area contributed by atoms with Gasteiger partial charge in [-0.1, -0.05) is 26.2 Å². The summed E-state index contributed by atoms with van der Waals surface area (Å²) < 4.78 is 0. The van der Waals surface area contributed by atoms with E-state index in [4.69, 9.17) is 0 Å². The van der Waals surface area contributed by atoms with E-state index in [0.29, 0.717) is 0 Å². The van der Waals surface area contributed by atoms with Crippen LogP contribution in [0.5, 0.6) is 0 Å². The van der Waals surface area contributed by atoms with Crippen molar-refractivity contribution in [3.05, 3.63) is 6.42 Å². The van der Waals surface area contributed by atoms with Crippen molar-refractivity contribution in [2.45, 2.75) is 58.0 Å². The second kappa shape index (κ2) is 5.58. The molecule has 0 aromatic rings. The molecule has 1 heteroatoms. The van der Waals surface area contributed by atoms with Gasteiger partial charge in [0.2, 0.25) is 0 Å². The Morgan fingerprint density at radius 2 is 2.08 bits per heavy atom. The summed E-state index contributed by atoms with van der Waals surface area (Å²) in [5.74, 6) is 0.802. The van der Waals surface area contributed by atoms with Crippen LogP contribution in [0.15, 0.2) is 0 Å². The molecule has 1 aliphatic carbocycles. The van der Waals surface area contributed by atoms with E-state index in [0.717, 1.165) is 25.2 Å². The minimum atomic E-state index is -0.0295. The Morgan fingerprint density at radius 1 is 1.42 bits per heavy atom. The monoisotopic (exact) mass is 169 g/mol. The highest BCUT2D eigenvalue weighted by molar-refractivity contribution is 4.78. The van der Waals surface area contributed by atoms with Crippen LogP contribution in [-0.4, -0.2) is 11.2 Å². The maximum Gasteiger partial charge on any atom is 0.0542 e. The van der Waals surface area contributed by atoms with Gasteiger partial charge in [0.15, 0.2) is 0 Å². The van der Waals surface area contributed by atoms with E-state index in [2.05, 4.69) is 13.3 Å². The predicted octanol–water partition coefficient (Wildman–Crippen LogP) is 2.93. The zero-order chi connectivity index (χ0) is 8.81. The lowest BCUT2D eigenvalue weighted by atomic mass is 9.85. The summed E-state index contributed by atoms with van der Waals surface area (Å²) in [5, 5.41) is 9.59. The van der Waals surface area contributed by atoms with Gasteiger partial charge >= 0.3 is 0 Å². The lowest BCUT2D eigenvalue weighted by Crippen LogP contribution is -2.15. The van der Waals surface area contributed by atoms with E-state index in [1.807, 2.05) is 0 Å². The molecule has 1 radical (unpaired) electrons. The summed E-state index contributed by atoms with van der Waals surface area (Å²) in [6.45, 7) is 2.14. The summed E-state index contributed by atoms with van der Waals surface area (Å²) >= 11 is 0. The van der Waals surface area contributed by atoms with Crippen LogP contribution in [0.3, 0.4) is 0 Å². The Morgan fingerprint density at radius 3 is 2.67 bits per heavy atom. The Labute approximate surface area is 76.2 Å². The maximum absolute atomic E-state index is 9.59. The van der Waals surface area contributed by atoms with Gasteiger partial charge in [0.05, 0.1) is 6.10 Å². The van der Waals surface area contributed by atoms with Gasteiger partial charge in [-0.2, -0.15) is 0 Å². The van der Waals surface area contributed by atoms with Crippen LogP contribution < -0.4 is 0 Å². The zero-order valence-corrected chi connectivity index (χ0v) is 8.13. The summed E-state index contributed by atoms with van der Waals surface area (Å²) in [7, 11) is 0. The van der Waals surface area contributed by atoms with Crippen LogP contribution in [0, 0.1) is 12.3 Å². The van der Waals surface area contributed by atoms with E-state index in [1.165, 1.54) is 25.7 Å². The van der Waals surface area contributed by atoms with E-state index < -0.39 is 0 Å². The first-order valence-electron chi connectivity index (χ1n) is 5.32. The van der Waals surface area contributed by atoms with Gasteiger partial charge in [0.1, 0.15) is 0 Å². The number of aliphatic hydroxyl groups is 1. The molecule has 1 atom stereocenters. The summed E-state index contributed by atoms with van der Waals surface area (Å²) in [6, 6.07) is 0. The first-order valence-corrected chi connectivity index (χ1v) is 5.32. The fraction of sp³-hybridized carbons (Fsp3) is 0.909. The van der Waals surface area contributed by atoms with Gasteiger partial charge in [-0.3, -0.25) is 0 Å². The molecule has 1 unspecified atom stereocenters. The lowest BCUT2D eigenvalue weighted by molar-refractivity contribution is 0.124. The van der Waals surface area contributed by atoms with E-state index in [1.54, 1.807) is 0 Å². The molecule has 0 bridgehead atoms. The second-order valence-corrected chi connectivity index (χ2v) is 3.99. The molecule has 0 heterocycles. The number of aliphatic hydroxyl groups excluding tert-OH is 1. The Balaban J connectivity index is 2.11.